The maximum atomic E-state index is 12.8. The van der Waals surface area contributed by atoms with Crippen LogP contribution in [0.1, 0.15) is 232 Å². The molecule has 7 heteroatoms. The summed E-state index contributed by atoms with van der Waals surface area (Å²) in [5.74, 6) is -1.32. The molecule has 1 amide bonds. The number of rotatable bonds is 42. The number of hydrogen-bond donors (Lipinski definition) is 3. The number of carbonyl (C=O) groups excluding carboxylic acids is 2. The van der Waals surface area contributed by atoms with Gasteiger partial charge in [0, 0.05) is 12.8 Å². The van der Waals surface area contributed by atoms with E-state index in [0.29, 0.717) is 32.2 Å². The van der Waals surface area contributed by atoms with Crippen molar-refractivity contribution in [1.29, 1.82) is 0 Å². The SMILES string of the molecule is CCCCC/C=C\C/C=C\C/C=C\C(CCCCCCCC(=O)NC(CCCN)C(=O)O)OC(=O)CCCCCCCCCCCCCCCCCCCC. The van der Waals surface area contributed by atoms with E-state index in [1.807, 2.05) is 0 Å². The van der Waals surface area contributed by atoms with Gasteiger partial charge in [-0.15, -0.1) is 0 Å². The minimum atomic E-state index is -1.01. The molecule has 0 aromatic heterocycles. The summed E-state index contributed by atoms with van der Waals surface area (Å²) in [5.41, 5.74) is 5.48. The molecule has 0 aliphatic rings. The van der Waals surface area contributed by atoms with Crippen LogP contribution < -0.4 is 11.1 Å². The van der Waals surface area contributed by atoms with Crippen LogP contribution in [0.4, 0.5) is 0 Å². The molecule has 0 saturated heterocycles. The van der Waals surface area contributed by atoms with Crippen LogP contribution in [-0.2, 0) is 19.1 Å². The lowest BCUT2D eigenvalue weighted by Gasteiger charge is -2.15. The Bertz CT molecular complexity index is 962. The summed E-state index contributed by atoms with van der Waals surface area (Å²) in [6.45, 7) is 4.92. The maximum absolute atomic E-state index is 12.8. The number of aliphatic carboxylic acids is 1. The lowest BCUT2D eigenvalue weighted by atomic mass is 10.0. The number of carbonyl (C=O) groups is 3. The molecule has 0 rings (SSSR count). The highest BCUT2D eigenvalue weighted by Gasteiger charge is 2.19. The number of nitrogens with two attached hydrogens (primary N) is 1. The first-order valence-corrected chi connectivity index (χ1v) is 23.3. The summed E-state index contributed by atoms with van der Waals surface area (Å²) in [4.78, 5) is 36.4. The number of carboxylic acid groups (broad SMARTS) is 1. The van der Waals surface area contributed by atoms with Gasteiger partial charge in [-0.3, -0.25) is 9.59 Å². The first-order valence-electron chi connectivity index (χ1n) is 23.3. The second-order valence-corrected chi connectivity index (χ2v) is 15.8. The van der Waals surface area contributed by atoms with E-state index < -0.39 is 12.0 Å². The average molecular weight is 773 g/mol. The number of carboxylic acids is 1. The number of esters is 1. The molecule has 0 heterocycles. The number of ether oxygens (including phenoxy) is 1. The van der Waals surface area contributed by atoms with Crippen molar-refractivity contribution >= 4 is 17.8 Å². The minimum Gasteiger partial charge on any atom is -0.480 e. The molecule has 0 aromatic rings. The van der Waals surface area contributed by atoms with Crippen LogP contribution >= 0.6 is 0 Å². The molecule has 0 bridgehead atoms. The highest BCUT2D eigenvalue weighted by molar-refractivity contribution is 5.83. The molecule has 55 heavy (non-hydrogen) atoms. The van der Waals surface area contributed by atoms with Crippen LogP contribution in [0.25, 0.3) is 0 Å². The quantitative estimate of drug-likeness (QED) is 0.0323. The van der Waals surface area contributed by atoms with Crippen molar-refractivity contribution in [2.75, 3.05) is 6.54 Å². The summed E-state index contributed by atoms with van der Waals surface area (Å²) in [6.07, 6.45) is 50.7. The van der Waals surface area contributed by atoms with Crippen molar-refractivity contribution in [3.8, 4) is 0 Å². The summed E-state index contributed by atoms with van der Waals surface area (Å²) < 4.78 is 5.95. The van der Waals surface area contributed by atoms with Crippen molar-refractivity contribution in [3.05, 3.63) is 36.5 Å². The molecule has 0 spiro atoms. The van der Waals surface area contributed by atoms with Crippen LogP contribution in [0.2, 0.25) is 0 Å². The molecule has 4 N–H and O–H groups in total. The number of nitrogens with one attached hydrogen (secondary N) is 1. The van der Waals surface area contributed by atoms with E-state index in [0.717, 1.165) is 70.6 Å². The summed E-state index contributed by atoms with van der Waals surface area (Å²) in [6, 6.07) is -0.866. The Morgan fingerprint density at radius 1 is 0.545 bits per heavy atom. The third kappa shape index (κ3) is 39.6. The van der Waals surface area contributed by atoms with Crippen molar-refractivity contribution in [2.45, 2.75) is 244 Å². The molecule has 320 valence electrons. The lowest BCUT2D eigenvalue weighted by molar-refractivity contribution is -0.147. The van der Waals surface area contributed by atoms with Crippen LogP contribution in [0, 0.1) is 0 Å². The molecule has 0 fully saturated rings. The fraction of sp³-hybridized carbons (Fsp3) is 0.812. The predicted molar refractivity (Wildman–Crippen MR) is 234 cm³/mol. The van der Waals surface area contributed by atoms with E-state index in [4.69, 9.17) is 10.5 Å². The second-order valence-electron chi connectivity index (χ2n) is 15.8. The molecule has 0 saturated carbocycles. The smallest absolute Gasteiger partial charge is 0.326 e. The lowest BCUT2D eigenvalue weighted by Crippen LogP contribution is -2.40. The molecule has 0 aliphatic heterocycles. The molecule has 0 aliphatic carbocycles. The maximum Gasteiger partial charge on any atom is 0.326 e. The van der Waals surface area contributed by atoms with Gasteiger partial charge in [-0.1, -0.05) is 185 Å². The summed E-state index contributed by atoms with van der Waals surface area (Å²) in [5, 5.41) is 11.9. The molecular weight excluding hydrogens is 685 g/mol. The van der Waals surface area contributed by atoms with Crippen LogP contribution in [0.15, 0.2) is 36.5 Å². The Labute approximate surface area is 339 Å². The topological polar surface area (TPSA) is 119 Å². The monoisotopic (exact) mass is 773 g/mol. The van der Waals surface area contributed by atoms with Crippen molar-refractivity contribution in [1.82, 2.24) is 5.32 Å². The Kier molecular flexibility index (Phi) is 40.9. The van der Waals surface area contributed by atoms with Gasteiger partial charge in [-0.2, -0.15) is 0 Å². The van der Waals surface area contributed by atoms with Crippen molar-refractivity contribution < 1.29 is 24.2 Å². The predicted octanol–water partition coefficient (Wildman–Crippen LogP) is 13.4. The number of amides is 1. The molecular formula is C48H88N2O5. The molecule has 7 nitrogen and oxygen atoms in total. The zero-order valence-corrected chi connectivity index (χ0v) is 36.0. The first-order chi connectivity index (χ1) is 26.9. The standard InChI is InChI=1S/C48H88N2O5/c1-3-5-7-9-11-13-15-16-17-18-19-20-21-23-25-27-32-36-42-47(52)55-44(38-33-29-26-24-22-14-12-10-8-6-4-2)39-34-30-28-31-35-41-46(51)50-45(48(53)54)40-37-43-49/h12,14,24,26,33,38,44-45H,3-11,13,15-23,25,27-32,34-37,39-43,49H2,1-2H3,(H,50,51)(H,53,54)/b14-12-,26-24-,38-33-. The third-order valence-corrected chi connectivity index (χ3v) is 10.4. The van der Waals surface area contributed by atoms with E-state index in [-0.39, 0.29) is 18.0 Å². The van der Waals surface area contributed by atoms with Gasteiger partial charge in [0.15, 0.2) is 0 Å². The second kappa shape index (κ2) is 42.7. The van der Waals surface area contributed by atoms with E-state index in [2.05, 4.69) is 55.6 Å². The van der Waals surface area contributed by atoms with Gasteiger partial charge in [-0.05, 0) is 76.8 Å². The zero-order valence-electron chi connectivity index (χ0n) is 36.0. The van der Waals surface area contributed by atoms with Crippen LogP contribution in [0.3, 0.4) is 0 Å². The van der Waals surface area contributed by atoms with Gasteiger partial charge < -0.3 is 20.9 Å². The Hall–Kier alpha value is -2.41. The average Bonchev–Trinajstić information content (AvgIpc) is 3.17. The highest BCUT2D eigenvalue weighted by Crippen LogP contribution is 2.17. The summed E-state index contributed by atoms with van der Waals surface area (Å²) in [7, 11) is 0. The van der Waals surface area contributed by atoms with Gasteiger partial charge in [-0.25, -0.2) is 4.79 Å². The van der Waals surface area contributed by atoms with Gasteiger partial charge >= 0.3 is 11.9 Å². The van der Waals surface area contributed by atoms with E-state index >= 15 is 0 Å². The van der Waals surface area contributed by atoms with Crippen molar-refractivity contribution in [2.24, 2.45) is 5.73 Å². The Morgan fingerprint density at radius 2 is 1.00 bits per heavy atom. The number of allylic oxidation sites excluding steroid dienone is 5. The molecule has 2 atom stereocenters. The van der Waals surface area contributed by atoms with Crippen LogP contribution in [0.5, 0.6) is 0 Å². The fourth-order valence-corrected chi connectivity index (χ4v) is 6.91. The van der Waals surface area contributed by atoms with Gasteiger partial charge in [0.1, 0.15) is 12.1 Å². The minimum absolute atomic E-state index is 0.0907. The normalized spacial score (nSPS) is 12.9. The van der Waals surface area contributed by atoms with E-state index in [1.165, 1.54) is 122 Å². The van der Waals surface area contributed by atoms with Crippen molar-refractivity contribution in [3.63, 3.8) is 0 Å². The summed E-state index contributed by atoms with van der Waals surface area (Å²) >= 11 is 0. The van der Waals surface area contributed by atoms with Crippen LogP contribution in [-0.4, -0.2) is 41.6 Å². The largest absolute Gasteiger partial charge is 0.480 e. The van der Waals surface area contributed by atoms with Gasteiger partial charge in [0.25, 0.3) is 0 Å². The van der Waals surface area contributed by atoms with E-state index in [1.54, 1.807) is 0 Å². The van der Waals surface area contributed by atoms with E-state index in [9.17, 15) is 19.5 Å². The highest BCUT2D eigenvalue weighted by atomic mass is 16.5. The number of hydrogen-bond acceptors (Lipinski definition) is 5. The first kappa shape index (κ1) is 52.6. The third-order valence-electron chi connectivity index (χ3n) is 10.4. The molecule has 0 radical (unpaired) electrons. The number of unbranched alkanes of at least 4 members (excludes halogenated alkanes) is 24. The van der Waals surface area contributed by atoms with Gasteiger partial charge in [0.2, 0.25) is 5.91 Å². The zero-order chi connectivity index (χ0) is 40.3. The Balaban J connectivity index is 4.31. The van der Waals surface area contributed by atoms with Gasteiger partial charge in [0.05, 0.1) is 0 Å². The molecule has 0 aromatic carbocycles. The fourth-order valence-electron chi connectivity index (χ4n) is 6.91. The Morgan fingerprint density at radius 3 is 1.53 bits per heavy atom. The molecule has 2 unspecified atom stereocenters.